The van der Waals surface area contributed by atoms with Crippen molar-refractivity contribution in [1.82, 2.24) is 29.5 Å². The van der Waals surface area contributed by atoms with Crippen LogP contribution in [-0.2, 0) is 9.59 Å². The number of anilines is 4. The van der Waals surface area contributed by atoms with E-state index in [2.05, 4.69) is 36.1 Å². The number of nitrogens with one attached hydrogen (secondary N) is 3. The van der Waals surface area contributed by atoms with Gasteiger partial charge in [0.2, 0.25) is 11.8 Å². The summed E-state index contributed by atoms with van der Waals surface area (Å²) >= 11 is 0. The molecule has 0 aliphatic carbocycles. The van der Waals surface area contributed by atoms with E-state index in [9.17, 15) is 14.4 Å². The van der Waals surface area contributed by atoms with Crippen molar-refractivity contribution in [3.63, 3.8) is 0 Å². The summed E-state index contributed by atoms with van der Waals surface area (Å²) in [5.41, 5.74) is 10.0. The molecule has 2 heterocycles. The normalized spacial score (nSPS) is 10.8. The summed E-state index contributed by atoms with van der Waals surface area (Å²) in [6, 6.07) is 27.1. The molecule has 4 aromatic carbocycles. The van der Waals surface area contributed by atoms with Crippen LogP contribution in [0, 0.1) is 0 Å². The van der Waals surface area contributed by atoms with Crippen LogP contribution in [0.4, 0.5) is 22.7 Å². The zero-order valence-electron chi connectivity index (χ0n) is 23.6. The molecule has 0 aliphatic rings. The Hall–Kier alpha value is -6.63. The van der Waals surface area contributed by atoms with Gasteiger partial charge in [0.1, 0.15) is 31.2 Å². The van der Waals surface area contributed by atoms with Crippen molar-refractivity contribution >= 4 is 40.5 Å². The fraction of sp³-hybridized carbons (Fsp3) is 0.0312. The molecule has 13 heteroatoms. The molecule has 0 saturated heterocycles. The molecule has 5 N–H and O–H groups in total. The van der Waals surface area contributed by atoms with Crippen molar-refractivity contribution in [1.29, 1.82) is 0 Å². The van der Waals surface area contributed by atoms with Crippen molar-refractivity contribution in [2.75, 3.05) is 21.7 Å². The second-order valence-electron chi connectivity index (χ2n) is 9.85. The van der Waals surface area contributed by atoms with Crippen LogP contribution in [0.15, 0.2) is 122 Å². The van der Waals surface area contributed by atoms with Crippen molar-refractivity contribution in [2.24, 2.45) is 0 Å². The highest BCUT2D eigenvalue weighted by Crippen LogP contribution is 2.24. The zero-order chi connectivity index (χ0) is 31.2. The van der Waals surface area contributed by atoms with Crippen molar-refractivity contribution in [3.05, 3.63) is 133 Å². The van der Waals surface area contributed by atoms with Crippen LogP contribution < -0.4 is 21.7 Å². The Morgan fingerprint density at radius 3 is 1.60 bits per heavy atom. The van der Waals surface area contributed by atoms with Gasteiger partial charge < -0.3 is 21.7 Å². The van der Waals surface area contributed by atoms with Gasteiger partial charge in [0, 0.05) is 16.9 Å². The van der Waals surface area contributed by atoms with E-state index in [1.54, 1.807) is 119 Å². The maximum atomic E-state index is 13.7. The number of hydrogen-bond acceptors (Lipinski definition) is 8. The van der Waals surface area contributed by atoms with Gasteiger partial charge in [-0.1, -0.05) is 24.3 Å². The van der Waals surface area contributed by atoms with Crippen molar-refractivity contribution in [3.8, 4) is 11.4 Å². The Morgan fingerprint density at radius 2 is 1.13 bits per heavy atom. The largest absolute Gasteiger partial charge is 0.397 e. The average molecular weight is 599 g/mol. The highest BCUT2D eigenvalue weighted by Gasteiger charge is 2.29. The monoisotopic (exact) mass is 598 g/mol. The first-order valence-corrected chi connectivity index (χ1v) is 13.7. The number of rotatable bonds is 9. The molecule has 6 rings (SSSR count). The van der Waals surface area contributed by atoms with Crippen LogP contribution in [0.5, 0.6) is 0 Å². The quantitative estimate of drug-likeness (QED) is 0.142. The van der Waals surface area contributed by atoms with Gasteiger partial charge in [0.15, 0.2) is 0 Å². The summed E-state index contributed by atoms with van der Waals surface area (Å²) in [6.45, 7) is 0. The third-order valence-electron chi connectivity index (χ3n) is 6.88. The summed E-state index contributed by atoms with van der Waals surface area (Å²) in [4.78, 5) is 48.1. The lowest BCUT2D eigenvalue weighted by Crippen LogP contribution is -2.32. The molecule has 45 heavy (non-hydrogen) atoms. The molecule has 0 spiro atoms. The topological polar surface area (TPSA) is 175 Å². The second kappa shape index (κ2) is 12.7. The first-order chi connectivity index (χ1) is 21.9. The molecule has 0 saturated carbocycles. The van der Waals surface area contributed by atoms with Crippen LogP contribution in [0.2, 0.25) is 0 Å². The zero-order valence-corrected chi connectivity index (χ0v) is 23.6. The predicted octanol–water partition coefficient (Wildman–Crippen LogP) is 4.04. The van der Waals surface area contributed by atoms with E-state index in [0.717, 1.165) is 11.4 Å². The van der Waals surface area contributed by atoms with Crippen molar-refractivity contribution in [2.45, 2.75) is 5.92 Å². The minimum atomic E-state index is -1.25. The molecule has 3 amide bonds. The number of aromatic nitrogens is 6. The van der Waals surface area contributed by atoms with Gasteiger partial charge in [0.05, 0.1) is 22.7 Å². The lowest BCUT2D eigenvalue weighted by molar-refractivity contribution is -0.125. The van der Waals surface area contributed by atoms with E-state index >= 15 is 0 Å². The number of nitrogens with two attached hydrogens (primary N) is 1. The number of nitrogens with zero attached hydrogens (tertiary/aromatic N) is 6. The highest BCUT2D eigenvalue weighted by molar-refractivity contribution is 6.15. The molecule has 2 aromatic heterocycles. The van der Waals surface area contributed by atoms with Gasteiger partial charge in [-0.2, -0.15) is 10.2 Å². The van der Waals surface area contributed by atoms with Crippen molar-refractivity contribution < 1.29 is 14.4 Å². The molecule has 0 atom stereocenters. The number of carbonyl (C=O) groups is 3. The SMILES string of the molecule is Nc1ccccc1NC(=O)c1ccc(C(C(=O)Nc2ccc(-n3cncn3)cc2)C(=O)Nc2ccc(-n3cncn3)cc2)cc1. The Morgan fingerprint density at radius 1 is 0.622 bits per heavy atom. The molecule has 0 unspecified atom stereocenters. The summed E-state index contributed by atoms with van der Waals surface area (Å²) in [6.07, 6.45) is 5.97. The molecule has 0 aliphatic heterocycles. The number of carbonyl (C=O) groups excluding carboxylic acids is 3. The molecule has 0 fully saturated rings. The Labute approximate surface area is 256 Å². The van der Waals surface area contributed by atoms with Gasteiger partial charge in [-0.05, 0) is 78.4 Å². The molecule has 6 aromatic rings. The lowest BCUT2D eigenvalue weighted by atomic mass is 9.95. The first-order valence-electron chi connectivity index (χ1n) is 13.7. The number of hydrogen-bond donors (Lipinski definition) is 4. The van der Waals surface area contributed by atoms with Gasteiger partial charge >= 0.3 is 0 Å². The predicted molar refractivity (Wildman–Crippen MR) is 168 cm³/mol. The van der Waals surface area contributed by atoms with E-state index in [0.29, 0.717) is 33.9 Å². The summed E-state index contributed by atoms with van der Waals surface area (Å²) < 4.78 is 3.17. The van der Waals surface area contributed by atoms with Crippen LogP contribution in [0.1, 0.15) is 21.8 Å². The standard InChI is InChI=1S/C32H26N10O3/c33-27-3-1-2-4-28(27)40-30(43)22-7-5-21(6-8-22)29(31(44)38-23-9-13-25(14-10-23)41-19-34-17-36-41)32(45)39-24-11-15-26(16-12-24)42-20-35-18-37-42/h1-20,29H,33H2,(H,38,44)(H,39,45)(H,40,43). The molecular formula is C32H26N10O3. The van der Waals surface area contributed by atoms with Gasteiger partial charge in [-0.15, -0.1) is 0 Å². The van der Waals surface area contributed by atoms with Crippen LogP contribution in [0.25, 0.3) is 11.4 Å². The third kappa shape index (κ3) is 6.57. The fourth-order valence-electron chi connectivity index (χ4n) is 4.56. The molecule has 222 valence electrons. The number of amides is 3. The van der Waals surface area contributed by atoms with Gasteiger partial charge in [-0.25, -0.2) is 19.3 Å². The molecular weight excluding hydrogens is 572 g/mol. The minimum absolute atomic E-state index is 0.328. The maximum Gasteiger partial charge on any atom is 0.255 e. The summed E-state index contributed by atoms with van der Waals surface area (Å²) in [7, 11) is 0. The fourth-order valence-corrected chi connectivity index (χ4v) is 4.56. The lowest BCUT2D eigenvalue weighted by Gasteiger charge is -2.18. The molecule has 13 nitrogen and oxygen atoms in total. The van der Waals surface area contributed by atoms with Gasteiger partial charge in [0.25, 0.3) is 5.91 Å². The van der Waals surface area contributed by atoms with Gasteiger partial charge in [-0.3, -0.25) is 14.4 Å². The molecule has 0 bridgehead atoms. The van der Waals surface area contributed by atoms with E-state index in [1.807, 2.05) is 0 Å². The molecule has 0 radical (unpaired) electrons. The minimum Gasteiger partial charge on any atom is -0.397 e. The Kier molecular flexibility index (Phi) is 8.04. The average Bonchev–Trinajstić information content (AvgIpc) is 3.79. The number of para-hydroxylation sites is 2. The van der Waals surface area contributed by atoms with E-state index in [1.165, 1.54) is 12.7 Å². The number of nitrogen functional groups attached to an aromatic ring is 1. The van der Waals surface area contributed by atoms with E-state index in [-0.39, 0.29) is 5.91 Å². The van der Waals surface area contributed by atoms with E-state index in [4.69, 9.17) is 5.73 Å². The second-order valence-corrected chi connectivity index (χ2v) is 9.85. The first kappa shape index (κ1) is 28.5. The third-order valence-corrected chi connectivity index (χ3v) is 6.88. The summed E-state index contributed by atoms with van der Waals surface area (Å²) in [5.74, 6) is -2.76. The highest BCUT2D eigenvalue weighted by atomic mass is 16.2. The Balaban J connectivity index is 1.23. The van der Waals surface area contributed by atoms with E-state index < -0.39 is 17.7 Å². The van der Waals surface area contributed by atoms with Crippen LogP contribution in [-0.4, -0.2) is 47.3 Å². The van der Waals surface area contributed by atoms with Crippen LogP contribution in [0.3, 0.4) is 0 Å². The smallest absolute Gasteiger partial charge is 0.255 e. The maximum absolute atomic E-state index is 13.7. The summed E-state index contributed by atoms with van der Waals surface area (Å²) in [5, 5.41) is 16.6. The number of benzene rings is 4. The Bertz CT molecular complexity index is 1830. The van der Waals surface area contributed by atoms with Crippen LogP contribution >= 0.6 is 0 Å².